The van der Waals surface area contributed by atoms with E-state index in [0.717, 1.165) is 16.7 Å². The molecule has 0 aliphatic rings. The van der Waals surface area contributed by atoms with E-state index in [1.165, 1.54) is 6.07 Å². The zero-order valence-electron chi connectivity index (χ0n) is 15.0. The van der Waals surface area contributed by atoms with Gasteiger partial charge in [0.25, 0.3) is 5.89 Å². The molecule has 0 radical (unpaired) electrons. The van der Waals surface area contributed by atoms with Gasteiger partial charge in [-0.25, -0.2) is 4.79 Å². The standard InChI is InChI=1S/C21H16N2O5/c1-26-15-9-6-14(7-10-15)20-22-18(28-23-20)12-27-21(25)17-11-8-13-4-2-3-5-16(13)19(17)24/h2-11,24H,12H2,1H3. The maximum atomic E-state index is 12.3. The van der Waals surface area contributed by atoms with Gasteiger partial charge >= 0.3 is 5.97 Å². The molecular formula is C21H16N2O5. The molecule has 7 nitrogen and oxygen atoms in total. The third-order valence-corrected chi connectivity index (χ3v) is 4.26. The molecule has 0 fully saturated rings. The average Bonchev–Trinajstić information content (AvgIpc) is 3.21. The summed E-state index contributed by atoms with van der Waals surface area (Å²) in [5.41, 5.74) is 0.822. The minimum Gasteiger partial charge on any atom is -0.506 e. The van der Waals surface area contributed by atoms with Crippen molar-refractivity contribution >= 4 is 16.7 Å². The summed E-state index contributed by atoms with van der Waals surface area (Å²) in [6.07, 6.45) is 0. The summed E-state index contributed by atoms with van der Waals surface area (Å²) >= 11 is 0. The quantitative estimate of drug-likeness (QED) is 0.527. The first kappa shape index (κ1) is 17.5. The number of aromatic nitrogens is 2. The lowest BCUT2D eigenvalue weighted by molar-refractivity contribution is 0.0427. The highest BCUT2D eigenvalue weighted by molar-refractivity contribution is 6.01. The van der Waals surface area contributed by atoms with Crippen molar-refractivity contribution < 1.29 is 23.9 Å². The highest BCUT2D eigenvalue weighted by Crippen LogP contribution is 2.29. The van der Waals surface area contributed by atoms with E-state index in [2.05, 4.69) is 10.1 Å². The zero-order chi connectivity index (χ0) is 19.5. The Morgan fingerprint density at radius 1 is 1.07 bits per heavy atom. The summed E-state index contributed by atoms with van der Waals surface area (Å²) in [5, 5.41) is 15.6. The third-order valence-electron chi connectivity index (χ3n) is 4.26. The fraction of sp³-hybridized carbons (Fsp3) is 0.0952. The molecular weight excluding hydrogens is 360 g/mol. The first-order chi connectivity index (χ1) is 13.7. The third kappa shape index (κ3) is 3.37. The van der Waals surface area contributed by atoms with E-state index in [0.29, 0.717) is 11.2 Å². The van der Waals surface area contributed by atoms with Crippen LogP contribution in [0, 0.1) is 0 Å². The van der Waals surface area contributed by atoms with Gasteiger partial charge in [0.2, 0.25) is 5.82 Å². The lowest BCUT2D eigenvalue weighted by atomic mass is 10.1. The molecule has 140 valence electrons. The number of ether oxygens (including phenoxy) is 2. The van der Waals surface area contributed by atoms with Crippen LogP contribution in [0.2, 0.25) is 0 Å². The van der Waals surface area contributed by atoms with Crippen LogP contribution in [0.15, 0.2) is 65.2 Å². The number of methoxy groups -OCH3 is 1. The summed E-state index contributed by atoms with van der Waals surface area (Å²) in [6, 6.07) is 17.7. The molecule has 0 saturated carbocycles. The maximum Gasteiger partial charge on any atom is 0.342 e. The molecule has 28 heavy (non-hydrogen) atoms. The van der Waals surface area contributed by atoms with Crippen LogP contribution in [-0.2, 0) is 11.3 Å². The molecule has 0 bridgehead atoms. The number of nitrogens with zero attached hydrogens (tertiary/aromatic N) is 2. The summed E-state index contributed by atoms with van der Waals surface area (Å²) in [4.78, 5) is 16.6. The van der Waals surface area contributed by atoms with Gasteiger partial charge in [-0.05, 0) is 35.7 Å². The second kappa shape index (κ2) is 7.40. The topological polar surface area (TPSA) is 94.7 Å². The first-order valence-electron chi connectivity index (χ1n) is 8.50. The van der Waals surface area contributed by atoms with Crippen LogP contribution in [0.1, 0.15) is 16.2 Å². The van der Waals surface area contributed by atoms with E-state index >= 15 is 0 Å². The lowest BCUT2D eigenvalue weighted by Gasteiger charge is -2.07. The minimum absolute atomic E-state index is 0.0774. The Morgan fingerprint density at radius 2 is 1.86 bits per heavy atom. The van der Waals surface area contributed by atoms with Crippen molar-refractivity contribution in [3.8, 4) is 22.9 Å². The van der Waals surface area contributed by atoms with Gasteiger partial charge in [-0.15, -0.1) is 0 Å². The number of rotatable bonds is 5. The molecule has 0 aliphatic heterocycles. The van der Waals surface area contributed by atoms with Gasteiger partial charge in [0, 0.05) is 10.9 Å². The monoisotopic (exact) mass is 376 g/mol. The Kier molecular flexibility index (Phi) is 4.63. The van der Waals surface area contributed by atoms with Gasteiger partial charge in [-0.1, -0.05) is 35.5 Å². The van der Waals surface area contributed by atoms with E-state index in [4.69, 9.17) is 14.0 Å². The predicted octanol–water partition coefficient (Wildman–Crippen LogP) is 3.96. The highest BCUT2D eigenvalue weighted by atomic mass is 16.6. The number of hydrogen-bond donors (Lipinski definition) is 1. The van der Waals surface area contributed by atoms with Crippen molar-refractivity contribution in [3.05, 3.63) is 72.1 Å². The molecule has 1 N–H and O–H groups in total. The lowest BCUT2D eigenvalue weighted by Crippen LogP contribution is -2.06. The maximum absolute atomic E-state index is 12.3. The Labute approximate surface area is 160 Å². The highest BCUT2D eigenvalue weighted by Gasteiger charge is 2.17. The molecule has 0 atom stereocenters. The molecule has 0 spiro atoms. The molecule has 3 aromatic carbocycles. The molecule has 0 unspecified atom stereocenters. The minimum atomic E-state index is -0.674. The fourth-order valence-electron chi connectivity index (χ4n) is 2.80. The largest absolute Gasteiger partial charge is 0.506 e. The van der Waals surface area contributed by atoms with E-state index in [-0.39, 0.29) is 23.8 Å². The Morgan fingerprint density at radius 3 is 2.64 bits per heavy atom. The van der Waals surface area contributed by atoms with Crippen molar-refractivity contribution in [2.45, 2.75) is 6.61 Å². The molecule has 7 heteroatoms. The Balaban J connectivity index is 1.47. The van der Waals surface area contributed by atoms with Crippen LogP contribution >= 0.6 is 0 Å². The van der Waals surface area contributed by atoms with Gasteiger partial charge in [-0.2, -0.15) is 4.98 Å². The predicted molar refractivity (Wildman–Crippen MR) is 101 cm³/mol. The molecule has 0 aliphatic carbocycles. The smallest absolute Gasteiger partial charge is 0.342 e. The van der Waals surface area contributed by atoms with Gasteiger partial charge in [0.15, 0.2) is 6.61 Å². The van der Waals surface area contributed by atoms with Gasteiger partial charge < -0.3 is 19.1 Å². The van der Waals surface area contributed by atoms with Crippen molar-refractivity contribution in [1.29, 1.82) is 0 Å². The number of carbonyl (C=O) groups is 1. The average molecular weight is 376 g/mol. The summed E-state index contributed by atoms with van der Waals surface area (Å²) in [7, 11) is 1.59. The van der Waals surface area contributed by atoms with Crippen molar-refractivity contribution in [2.75, 3.05) is 7.11 Å². The fourth-order valence-corrected chi connectivity index (χ4v) is 2.80. The molecule has 0 amide bonds. The normalized spacial score (nSPS) is 10.8. The zero-order valence-corrected chi connectivity index (χ0v) is 15.0. The number of hydrogen-bond acceptors (Lipinski definition) is 7. The molecule has 1 aromatic heterocycles. The van der Waals surface area contributed by atoms with Crippen LogP contribution in [0.3, 0.4) is 0 Å². The van der Waals surface area contributed by atoms with Gasteiger partial charge in [0.05, 0.1) is 7.11 Å². The van der Waals surface area contributed by atoms with Crippen LogP contribution in [0.4, 0.5) is 0 Å². The van der Waals surface area contributed by atoms with Crippen LogP contribution in [0.25, 0.3) is 22.2 Å². The van der Waals surface area contributed by atoms with Crippen molar-refractivity contribution in [2.24, 2.45) is 0 Å². The number of carbonyl (C=O) groups excluding carboxylic acids is 1. The van der Waals surface area contributed by atoms with E-state index < -0.39 is 5.97 Å². The number of phenolic OH excluding ortho intramolecular Hbond substituents is 1. The molecule has 4 aromatic rings. The van der Waals surface area contributed by atoms with Gasteiger partial charge in [-0.3, -0.25) is 0 Å². The molecule has 4 rings (SSSR count). The second-order valence-corrected chi connectivity index (χ2v) is 6.00. The summed E-state index contributed by atoms with van der Waals surface area (Å²) in [6.45, 7) is -0.200. The van der Waals surface area contributed by atoms with E-state index in [1.807, 2.05) is 12.1 Å². The first-order valence-corrected chi connectivity index (χ1v) is 8.50. The van der Waals surface area contributed by atoms with E-state index in [9.17, 15) is 9.90 Å². The second-order valence-electron chi connectivity index (χ2n) is 6.00. The number of aromatic hydroxyl groups is 1. The van der Waals surface area contributed by atoms with Gasteiger partial charge in [0.1, 0.15) is 17.1 Å². The van der Waals surface area contributed by atoms with Crippen LogP contribution in [-0.4, -0.2) is 28.3 Å². The summed E-state index contributed by atoms with van der Waals surface area (Å²) in [5.74, 6) is 0.457. The molecule has 0 saturated heterocycles. The Bertz CT molecular complexity index is 1140. The number of phenols is 1. The molecule has 1 heterocycles. The number of esters is 1. The van der Waals surface area contributed by atoms with Crippen LogP contribution in [0.5, 0.6) is 11.5 Å². The van der Waals surface area contributed by atoms with Crippen molar-refractivity contribution in [1.82, 2.24) is 10.1 Å². The SMILES string of the molecule is COc1ccc(-c2noc(COC(=O)c3ccc4ccccc4c3O)n2)cc1. The van der Waals surface area contributed by atoms with Crippen molar-refractivity contribution in [3.63, 3.8) is 0 Å². The number of fused-ring (bicyclic) bond motifs is 1. The Hall–Kier alpha value is -3.87. The van der Waals surface area contributed by atoms with E-state index in [1.54, 1.807) is 49.6 Å². The van der Waals surface area contributed by atoms with Crippen LogP contribution < -0.4 is 4.74 Å². The number of benzene rings is 3. The summed E-state index contributed by atoms with van der Waals surface area (Å²) < 4.78 is 15.5.